The van der Waals surface area contributed by atoms with Crippen LogP contribution in [-0.4, -0.2) is 10.8 Å². The number of nitro groups is 1. The van der Waals surface area contributed by atoms with Crippen molar-refractivity contribution >= 4 is 23.2 Å². The van der Waals surface area contributed by atoms with Gasteiger partial charge >= 0.3 is 5.69 Å². The zero-order chi connectivity index (χ0) is 15.6. The molecule has 1 atom stereocenters. The van der Waals surface area contributed by atoms with E-state index in [4.69, 9.17) is 16.0 Å². The Labute approximate surface area is 125 Å². The summed E-state index contributed by atoms with van der Waals surface area (Å²) in [4.78, 5) is 22.6. The van der Waals surface area contributed by atoms with Gasteiger partial charge in [-0.2, -0.15) is 0 Å². The second-order valence-electron chi connectivity index (χ2n) is 4.54. The van der Waals surface area contributed by atoms with Crippen LogP contribution in [0.2, 0.25) is 5.02 Å². The van der Waals surface area contributed by atoms with E-state index in [9.17, 15) is 14.9 Å². The number of nitrogens with zero attached hydrogens (tertiary/aromatic N) is 1. The quantitative estimate of drug-likeness (QED) is 0.690. The molecule has 0 radical (unpaired) electrons. The predicted octanol–water partition coefficient (Wildman–Crippen LogP) is 3.64. The Balaban J connectivity index is 2.25. The fraction of sp³-hybridized carbons (Fsp3) is 0.214. The van der Waals surface area contributed by atoms with Gasteiger partial charge in [-0.1, -0.05) is 17.7 Å². The maximum atomic E-state index is 12.2. The Morgan fingerprint density at radius 3 is 2.67 bits per heavy atom. The topological polar surface area (TPSA) is 85.4 Å². The lowest BCUT2D eigenvalue weighted by atomic mass is 10.1. The van der Waals surface area contributed by atoms with Crippen molar-refractivity contribution in [3.8, 4) is 0 Å². The van der Waals surface area contributed by atoms with Gasteiger partial charge in [0.2, 0.25) is 0 Å². The normalized spacial score (nSPS) is 12.0. The smallest absolute Gasteiger partial charge is 0.300 e. The van der Waals surface area contributed by atoms with E-state index in [1.807, 2.05) is 0 Å². The molecule has 1 unspecified atom stereocenters. The van der Waals surface area contributed by atoms with Crippen LogP contribution in [0.1, 0.15) is 34.8 Å². The fourth-order valence-electron chi connectivity index (χ4n) is 1.92. The van der Waals surface area contributed by atoms with Crippen LogP contribution in [-0.2, 0) is 0 Å². The number of benzene rings is 1. The maximum Gasteiger partial charge on any atom is 0.300 e. The molecule has 0 aliphatic rings. The molecule has 21 heavy (non-hydrogen) atoms. The van der Waals surface area contributed by atoms with Crippen molar-refractivity contribution in [2.45, 2.75) is 19.9 Å². The van der Waals surface area contributed by atoms with Crippen LogP contribution >= 0.6 is 11.6 Å². The molecule has 2 aromatic rings. The van der Waals surface area contributed by atoms with Crippen molar-refractivity contribution in [2.75, 3.05) is 0 Å². The van der Waals surface area contributed by atoms with E-state index >= 15 is 0 Å². The van der Waals surface area contributed by atoms with E-state index in [0.29, 0.717) is 5.76 Å². The molecule has 1 aromatic heterocycles. The first kappa shape index (κ1) is 15.1. The van der Waals surface area contributed by atoms with Crippen LogP contribution < -0.4 is 5.32 Å². The maximum absolute atomic E-state index is 12.2. The summed E-state index contributed by atoms with van der Waals surface area (Å²) in [6, 6.07) is 7.33. The summed E-state index contributed by atoms with van der Waals surface area (Å²) < 4.78 is 5.41. The number of furan rings is 1. The van der Waals surface area contributed by atoms with E-state index in [1.54, 1.807) is 26.0 Å². The van der Waals surface area contributed by atoms with Gasteiger partial charge in [0.25, 0.3) is 5.91 Å². The number of aryl methyl sites for hydroxylation is 1. The molecule has 1 amide bonds. The molecular weight excluding hydrogens is 296 g/mol. The number of hydrogen-bond acceptors (Lipinski definition) is 4. The average Bonchev–Trinajstić information content (AvgIpc) is 2.84. The summed E-state index contributed by atoms with van der Waals surface area (Å²) >= 11 is 5.79. The van der Waals surface area contributed by atoms with Gasteiger partial charge in [0, 0.05) is 0 Å². The number of nitro benzene ring substituents is 1. The largest absolute Gasteiger partial charge is 0.464 e. The third-order valence-corrected chi connectivity index (χ3v) is 3.25. The number of halogens is 1. The first-order chi connectivity index (χ1) is 9.90. The molecule has 2 rings (SSSR count). The number of hydrogen-bond donors (Lipinski definition) is 1. The molecule has 0 aliphatic carbocycles. The van der Waals surface area contributed by atoms with Gasteiger partial charge in [0.15, 0.2) is 0 Å². The lowest BCUT2D eigenvalue weighted by Crippen LogP contribution is -2.27. The Kier molecular flexibility index (Phi) is 4.28. The summed E-state index contributed by atoms with van der Waals surface area (Å²) in [6.45, 7) is 3.52. The Morgan fingerprint density at radius 1 is 1.38 bits per heavy atom. The Hall–Kier alpha value is -2.34. The minimum atomic E-state index is -0.668. The minimum Gasteiger partial charge on any atom is -0.464 e. The molecule has 7 heteroatoms. The number of nitrogens with one attached hydrogen (secondary N) is 1. The Morgan fingerprint density at radius 2 is 2.10 bits per heavy atom. The standard InChI is InChI=1S/C14H13ClN2O4/c1-8-6-7-12(21-8)9(2)16-14(18)10-4-3-5-11(15)13(10)17(19)20/h3-7,9H,1-2H3,(H,16,18). The van der Waals surface area contributed by atoms with E-state index in [0.717, 1.165) is 5.76 Å². The number of carbonyl (C=O) groups excluding carboxylic acids is 1. The summed E-state index contributed by atoms with van der Waals surface area (Å²) in [6.07, 6.45) is 0. The number of carbonyl (C=O) groups is 1. The van der Waals surface area contributed by atoms with Gasteiger partial charge in [0.05, 0.1) is 11.0 Å². The lowest BCUT2D eigenvalue weighted by Gasteiger charge is -2.12. The first-order valence-corrected chi connectivity index (χ1v) is 6.58. The van der Waals surface area contributed by atoms with Crippen LogP contribution in [0.3, 0.4) is 0 Å². The van der Waals surface area contributed by atoms with Crippen molar-refractivity contribution in [1.29, 1.82) is 0 Å². The highest BCUT2D eigenvalue weighted by Crippen LogP contribution is 2.28. The SMILES string of the molecule is Cc1ccc(C(C)NC(=O)c2cccc(Cl)c2[N+](=O)[O-])o1. The van der Waals surface area contributed by atoms with Crippen molar-refractivity contribution in [3.05, 3.63) is 62.6 Å². The zero-order valence-corrected chi connectivity index (χ0v) is 12.2. The fourth-order valence-corrected chi connectivity index (χ4v) is 2.16. The molecule has 1 aromatic carbocycles. The van der Waals surface area contributed by atoms with Gasteiger partial charge in [0.1, 0.15) is 22.1 Å². The predicted molar refractivity (Wildman–Crippen MR) is 77.4 cm³/mol. The van der Waals surface area contributed by atoms with Crippen LogP contribution in [0.4, 0.5) is 5.69 Å². The molecule has 6 nitrogen and oxygen atoms in total. The van der Waals surface area contributed by atoms with Gasteiger partial charge in [-0.05, 0) is 38.1 Å². The summed E-state index contributed by atoms with van der Waals surface area (Å²) in [5.74, 6) is 0.719. The van der Waals surface area contributed by atoms with E-state index in [2.05, 4.69) is 5.32 Å². The summed E-state index contributed by atoms with van der Waals surface area (Å²) in [5.41, 5.74) is -0.484. The van der Waals surface area contributed by atoms with Gasteiger partial charge in [-0.3, -0.25) is 14.9 Å². The van der Waals surface area contributed by atoms with Crippen molar-refractivity contribution in [1.82, 2.24) is 5.32 Å². The third-order valence-electron chi connectivity index (χ3n) is 2.95. The van der Waals surface area contributed by atoms with Crippen LogP contribution in [0, 0.1) is 17.0 Å². The molecule has 0 spiro atoms. The molecular formula is C14H13ClN2O4. The number of amides is 1. The van der Waals surface area contributed by atoms with Crippen LogP contribution in [0.15, 0.2) is 34.7 Å². The highest BCUT2D eigenvalue weighted by atomic mass is 35.5. The van der Waals surface area contributed by atoms with Crippen LogP contribution in [0.5, 0.6) is 0 Å². The van der Waals surface area contributed by atoms with Crippen molar-refractivity contribution < 1.29 is 14.1 Å². The second kappa shape index (κ2) is 5.97. The first-order valence-electron chi connectivity index (χ1n) is 6.20. The monoisotopic (exact) mass is 308 g/mol. The Bertz CT molecular complexity index is 696. The summed E-state index contributed by atoms with van der Waals surface area (Å²) in [7, 11) is 0. The minimum absolute atomic E-state index is 0.0749. The van der Waals surface area contributed by atoms with Crippen molar-refractivity contribution in [3.63, 3.8) is 0 Å². The highest BCUT2D eigenvalue weighted by Gasteiger charge is 2.25. The molecule has 0 fully saturated rings. The van der Waals surface area contributed by atoms with Gasteiger partial charge in [-0.25, -0.2) is 0 Å². The highest BCUT2D eigenvalue weighted by molar-refractivity contribution is 6.33. The molecule has 1 N–H and O–H groups in total. The summed E-state index contributed by atoms with van der Waals surface area (Å²) in [5, 5.41) is 13.6. The zero-order valence-electron chi connectivity index (χ0n) is 11.4. The third kappa shape index (κ3) is 3.22. The van der Waals surface area contributed by atoms with Gasteiger partial charge < -0.3 is 9.73 Å². The molecule has 0 saturated heterocycles. The van der Waals surface area contributed by atoms with E-state index in [1.165, 1.54) is 18.2 Å². The molecule has 0 aliphatic heterocycles. The number of para-hydroxylation sites is 1. The molecule has 110 valence electrons. The van der Waals surface area contributed by atoms with Crippen molar-refractivity contribution in [2.24, 2.45) is 0 Å². The lowest BCUT2D eigenvalue weighted by molar-refractivity contribution is -0.385. The average molecular weight is 309 g/mol. The molecule has 1 heterocycles. The second-order valence-corrected chi connectivity index (χ2v) is 4.94. The van der Waals surface area contributed by atoms with Crippen LogP contribution in [0.25, 0.3) is 0 Å². The van der Waals surface area contributed by atoms with E-state index < -0.39 is 22.6 Å². The number of rotatable bonds is 4. The van der Waals surface area contributed by atoms with E-state index in [-0.39, 0.29) is 10.6 Å². The molecule has 0 bridgehead atoms. The van der Waals surface area contributed by atoms with Gasteiger partial charge in [-0.15, -0.1) is 0 Å². The molecule has 0 saturated carbocycles.